The zero-order chi connectivity index (χ0) is 24.8. The van der Waals surface area contributed by atoms with E-state index in [0.29, 0.717) is 25.1 Å². The fraction of sp³-hybridized carbons (Fsp3) is 0.500. The zero-order valence-corrected chi connectivity index (χ0v) is 19.6. The van der Waals surface area contributed by atoms with Gasteiger partial charge in [0.25, 0.3) is 5.91 Å². The van der Waals surface area contributed by atoms with Crippen molar-refractivity contribution in [2.24, 2.45) is 11.8 Å². The molecule has 1 aliphatic heterocycles. The summed E-state index contributed by atoms with van der Waals surface area (Å²) in [5, 5.41) is 28.3. The first-order valence-corrected chi connectivity index (χ1v) is 11.4. The van der Waals surface area contributed by atoms with Gasteiger partial charge >= 0.3 is 0 Å². The molecular formula is C24H31N5O5. The molecule has 3 rings (SSSR count). The van der Waals surface area contributed by atoms with Gasteiger partial charge in [0.1, 0.15) is 17.5 Å². The van der Waals surface area contributed by atoms with Crippen LogP contribution in [0.3, 0.4) is 0 Å². The van der Waals surface area contributed by atoms with Gasteiger partial charge < -0.3 is 30.8 Å². The second-order valence-corrected chi connectivity index (χ2v) is 8.96. The molecule has 3 amide bonds. The number of nitrogens with one attached hydrogen (secondary N) is 4. The summed E-state index contributed by atoms with van der Waals surface area (Å²) in [6.45, 7) is 4.36. The van der Waals surface area contributed by atoms with Crippen LogP contribution in [0, 0.1) is 23.2 Å². The number of hydrogen-bond donors (Lipinski definition) is 5. The number of aromatic amines is 1. The number of hydrogen-bond acceptors (Lipinski definition) is 6. The largest absolute Gasteiger partial charge is 0.496 e. The summed E-state index contributed by atoms with van der Waals surface area (Å²) in [7, 11) is 1.55. The molecule has 1 aliphatic rings. The molecule has 10 heteroatoms. The highest BCUT2D eigenvalue weighted by molar-refractivity contribution is 6.01. The maximum atomic E-state index is 13.1. The summed E-state index contributed by atoms with van der Waals surface area (Å²) in [4.78, 5) is 41.1. The fourth-order valence-electron chi connectivity index (χ4n) is 4.18. The third kappa shape index (κ3) is 5.85. The smallest absolute Gasteiger partial charge is 0.268 e. The van der Waals surface area contributed by atoms with Gasteiger partial charge in [-0.2, -0.15) is 5.26 Å². The van der Waals surface area contributed by atoms with Gasteiger partial charge in [0, 0.05) is 23.4 Å². The predicted octanol–water partition coefficient (Wildman–Crippen LogP) is 1.22. The number of methoxy groups -OCH3 is 1. The number of benzene rings is 1. The molecule has 182 valence electrons. The summed E-state index contributed by atoms with van der Waals surface area (Å²) >= 11 is 0. The first-order valence-electron chi connectivity index (χ1n) is 11.4. The molecule has 0 saturated carbocycles. The maximum absolute atomic E-state index is 13.1. The van der Waals surface area contributed by atoms with Crippen LogP contribution in [0.15, 0.2) is 24.3 Å². The van der Waals surface area contributed by atoms with Crippen molar-refractivity contribution in [3.05, 3.63) is 30.0 Å². The third-order valence-electron chi connectivity index (χ3n) is 5.96. The van der Waals surface area contributed by atoms with Gasteiger partial charge in [0.2, 0.25) is 11.8 Å². The van der Waals surface area contributed by atoms with Gasteiger partial charge in [-0.1, -0.05) is 19.9 Å². The lowest BCUT2D eigenvalue weighted by Crippen LogP contribution is -2.53. The normalized spacial score (nSPS) is 18.1. The molecule has 1 fully saturated rings. The number of fused-ring (bicyclic) bond motifs is 1. The van der Waals surface area contributed by atoms with E-state index < -0.39 is 35.9 Å². The van der Waals surface area contributed by atoms with E-state index in [-0.39, 0.29) is 23.9 Å². The Balaban J connectivity index is 1.75. The first-order chi connectivity index (χ1) is 16.2. The number of nitriles is 1. The van der Waals surface area contributed by atoms with Crippen LogP contribution in [0.1, 0.15) is 43.6 Å². The Labute approximate surface area is 198 Å². The van der Waals surface area contributed by atoms with Crippen molar-refractivity contribution in [2.75, 3.05) is 13.7 Å². The van der Waals surface area contributed by atoms with Crippen molar-refractivity contribution in [2.45, 2.75) is 51.3 Å². The molecule has 1 aromatic carbocycles. The number of aromatic nitrogens is 1. The van der Waals surface area contributed by atoms with Crippen molar-refractivity contribution in [3.63, 3.8) is 0 Å². The average molecular weight is 470 g/mol. The molecule has 10 nitrogen and oxygen atoms in total. The molecule has 0 spiro atoms. The molecule has 5 N–H and O–H groups in total. The fourth-order valence-corrected chi connectivity index (χ4v) is 4.18. The molecule has 0 unspecified atom stereocenters. The van der Waals surface area contributed by atoms with E-state index in [0.717, 1.165) is 10.9 Å². The van der Waals surface area contributed by atoms with Crippen LogP contribution >= 0.6 is 0 Å². The molecule has 0 aliphatic carbocycles. The molecular weight excluding hydrogens is 438 g/mol. The number of ether oxygens (including phenoxy) is 1. The molecule has 1 aromatic heterocycles. The number of carbonyl (C=O) groups is 3. The second-order valence-electron chi connectivity index (χ2n) is 8.96. The van der Waals surface area contributed by atoms with Crippen molar-refractivity contribution in [3.8, 4) is 11.8 Å². The van der Waals surface area contributed by atoms with Gasteiger partial charge in [-0.3, -0.25) is 14.4 Å². The average Bonchev–Trinajstić information content (AvgIpc) is 3.43. The van der Waals surface area contributed by atoms with E-state index in [2.05, 4.69) is 20.9 Å². The number of nitrogens with zero attached hydrogens (tertiary/aromatic N) is 1. The number of aliphatic hydroxyl groups is 1. The van der Waals surface area contributed by atoms with Crippen LogP contribution in [-0.4, -0.2) is 59.7 Å². The molecule has 1 saturated heterocycles. The summed E-state index contributed by atoms with van der Waals surface area (Å²) in [5.74, 6) is -0.842. The van der Waals surface area contributed by atoms with Crippen molar-refractivity contribution < 1.29 is 24.2 Å². The topological polar surface area (TPSA) is 156 Å². The Bertz CT molecular complexity index is 1090. The summed E-state index contributed by atoms with van der Waals surface area (Å²) in [6, 6.07) is 6.98. The molecule has 0 radical (unpaired) electrons. The lowest BCUT2D eigenvalue weighted by Gasteiger charge is -2.26. The van der Waals surface area contributed by atoms with E-state index in [1.54, 1.807) is 31.4 Å². The van der Waals surface area contributed by atoms with E-state index in [9.17, 15) is 24.8 Å². The second kappa shape index (κ2) is 11.0. The van der Waals surface area contributed by atoms with Crippen LogP contribution in [0.4, 0.5) is 0 Å². The summed E-state index contributed by atoms with van der Waals surface area (Å²) in [6.07, 6.45) is -0.426. The number of rotatable bonds is 10. The standard InChI is InChI=1S/C24H31N5O5/c1-13(2)9-18(23(32)28-17(20(30)12-25)10-14-7-8-26-22(14)31)29-24(33)19-11-15-16(27-19)5-4-6-21(15)34-3/h4-6,11,13-14,17-18,20,27,30H,7-10H2,1-3H3,(H,26,31)(H,28,32)(H,29,33)/t14-,17+,18-,20+/m0/s1. The van der Waals surface area contributed by atoms with Crippen LogP contribution in [0.5, 0.6) is 5.75 Å². The Hall–Kier alpha value is -3.58. The number of amides is 3. The molecule has 4 atom stereocenters. The van der Waals surface area contributed by atoms with E-state index in [1.165, 1.54) is 0 Å². The predicted molar refractivity (Wildman–Crippen MR) is 125 cm³/mol. The molecule has 0 bridgehead atoms. The van der Waals surface area contributed by atoms with Crippen LogP contribution in [-0.2, 0) is 9.59 Å². The highest BCUT2D eigenvalue weighted by Crippen LogP contribution is 2.26. The number of carbonyl (C=O) groups excluding carboxylic acids is 3. The quantitative estimate of drug-likeness (QED) is 0.329. The van der Waals surface area contributed by atoms with Crippen LogP contribution < -0.4 is 20.7 Å². The maximum Gasteiger partial charge on any atom is 0.268 e. The highest BCUT2D eigenvalue weighted by atomic mass is 16.5. The SMILES string of the molecule is COc1cccc2[nH]c(C(=O)N[C@@H](CC(C)C)C(=O)N[C@H](C[C@@H]3CCNC3=O)[C@H](O)C#N)cc12. The van der Waals surface area contributed by atoms with E-state index in [1.807, 2.05) is 19.9 Å². The Kier molecular flexibility index (Phi) is 8.12. The molecule has 34 heavy (non-hydrogen) atoms. The minimum atomic E-state index is -1.48. The third-order valence-corrected chi connectivity index (χ3v) is 5.96. The number of aliphatic hydroxyl groups excluding tert-OH is 1. The molecule has 2 aromatic rings. The summed E-state index contributed by atoms with van der Waals surface area (Å²) < 4.78 is 5.34. The minimum Gasteiger partial charge on any atom is -0.496 e. The summed E-state index contributed by atoms with van der Waals surface area (Å²) in [5.41, 5.74) is 0.999. The zero-order valence-electron chi connectivity index (χ0n) is 19.6. The van der Waals surface area contributed by atoms with E-state index >= 15 is 0 Å². The van der Waals surface area contributed by atoms with Crippen molar-refractivity contribution >= 4 is 28.6 Å². The van der Waals surface area contributed by atoms with E-state index in [4.69, 9.17) is 4.74 Å². The van der Waals surface area contributed by atoms with Gasteiger partial charge in [-0.15, -0.1) is 0 Å². The van der Waals surface area contributed by atoms with Gasteiger partial charge in [0.15, 0.2) is 6.10 Å². The number of H-pyrrole nitrogens is 1. The van der Waals surface area contributed by atoms with Crippen LogP contribution in [0.25, 0.3) is 10.9 Å². The van der Waals surface area contributed by atoms with Gasteiger partial charge in [-0.25, -0.2) is 0 Å². The van der Waals surface area contributed by atoms with Crippen molar-refractivity contribution in [1.82, 2.24) is 20.9 Å². The van der Waals surface area contributed by atoms with Crippen LogP contribution in [0.2, 0.25) is 0 Å². The Morgan fingerprint density at radius 1 is 1.32 bits per heavy atom. The lowest BCUT2D eigenvalue weighted by atomic mass is 9.94. The van der Waals surface area contributed by atoms with Gasteiger partial charge in [-0.05, 0) is 43.4 Å². The molecule has 2 heterocycles. The Morgan fingerprint density at radius 2 is 2.09 bits per heavy atom. The first kappa shape index (κ1) is 25.1. The minimum absolute atomic E-state index is 0.0822. The Morgan fingerprint density at radius 3 is 2.71 bits per heavy atom. The lowest BCUT2D eigenvalue weighted by molar-refractivity contribution is -0.126. The highest BCUT2D eigenvalue weighted by Gasteiger charge is 2.33. The van der Waals surface area contributed by atoms with Gasteiger partial charge in [0.05, 0.1) is 19.2 Å². The monoisotopic (exact) mass is 469 g/mol. The van der Waals surface area contributed by atoms with Crippen molar-refractivity contribution in [1.29, 1.82) is 5.26 Å².